The third kappa shape index (κ3) is 1.60. The van der Waals surface area contributed by atoms with Crippen molar-refractivity contribution < 1.29 is 14.7 Å². The van der Waals surface area contributed by atoms with Crippen LogP contribution in [0.5, 0.6) is 0 Å². The molecule has 2 rings (SSSR count). The van der Waals surface area contributed by atoms with Crippen LogP contribution in [0.4, 0.5) is 0 Å². The van der Waals surface area contributed by atoms with Crippen molar-refractivity contribution >= 4 is 12.4 Å². The number of carboxylic acids is 1. The molecule has 16 heavy (non-hydrogen) atoms. The second kappa shape index (κ2) is 3.75. The SMILES string of the molecule is CC(C)C1CC(C(=O)O)(N(C=O)C2CC2)C1. The Morgan fingerprint density at radius 2 is 2.00 bits per heavy atom. The van der Waals surface area contributed by atoms with Crippen LogP contribution in [0, 0.1) is 11.8 Å². The Morgan fingerprint density at radius 1 is 1.44 bits per heavy atom. The largest absolute Gasteiger partial charge is 0.479 e. The zero-order valence-electron chi connectivity index (χ0n) is 9.85. The molecule has 90 valence electrons. The maximum absolute atomic E-state index is 11.4. The summed E-state index contributed by atoms with van der Waals surface area (Å²) in [5.74, 6) is 0.112. The Balaban J connectivity index is 2.12. The molecule has 0 bridgehead atoms. The normalized spacial score (nSPS) is 33.3. The number of rotatable bonds is 5. The lowest BCUT2D eigenvalue weighted by Gasteiger charge is -2.51. The third-order valence-electron chi connectivity index (χ3n) is 4.09. The van der Waals surface area contributed by atoms with Gasteiger partial charge in [0.1, 0.15) is 5.54 Å². The maximum Gasteiger partial charge on any atom is 0.329 e. The molecule has 2 saturated carbocycles. The minimum absolute atomic E-state index is 0.182. The van der Waals surface area contributed by atoms with Gasteiger partial charge in [0.2, 0.25) is 6.41 Å². The van der Waals surface area contributed by atoms with E-state index in [9.17, 15) is 14.7 Å². The van der Waals surface area contributed by atoms with Gasteiger partial charge < -0.3 is 10.0 Å². The standard InChI is InChI=1S/C12H19NO3/c1-8(2)9-5-12(6-9,11(15)16)13(7-14)10-3-4-10/h7-10H,3-6H2,1-2H3,(H,15,16). The second-order valence-corrected chi connectivity index (χ2v) is 5.49. The molecule has 4 heteroatoms. The number of hydrogen-bond acceptors (Lipinski definition) is 2. The molecule has 0 unspecified atom stereocenters. The van der Waals surface area contributed by atoms with Crippen LogP contribution >= 0.6 is 0 Å². The van der Waals surface area contributed by atoms with Crippen LogP contribution in [0.3, 0.4) is 0 Å². The summed E-state index contributed by atoms with van der Waals surface area (Å²) >= 11 is 0. The number of carbonyl (C=O) groups is 2. The minimum atomic E-state index is -0.891. The first-order valence-corrected chi connectivity index (χ1v) is 5.98. The van der Waals surface area contributed by atoms with Gasteiger partial charge in [0.25, 0.3) is 0 Å². The van der Waals surface area contributed by atoms with E-state index in [1.54, 1.807) is 4.90 Å². The van der Waals surface area contributed by atoms with Crippen molar-refractivity contribution in [3.8, 4) is 0 Å². The summed E-state index contributed by atoms with van der Waals surface area (Å²) in [5.41, 5.74) is -0.891. The molecule has 2 aliphatic rings. The van der Waals surface area contributed by atoms with E-state index in [0.29, 0.717) is 24.7 Å². The Hall–Kier alpha value is -1.06. The van der Waals surface area contributed by atoms with Gasteiger partial charge in [0, 0.05) is 6.04 Å². The number of amides is 1. The molecular weight excluding hydrogens is 206 g/mol. The molecule has 0 aromatic heterocycles. The smallest absolute Gasteiger partial charge is 0.329 e. The predicted octanol–water partition coefficient (Wildman–Crippen LogP) is 1.50. The molecular formula is C12H19NO3. The van der Waals surface area contributed by atoms with Crippen molar-refractivity contribution in [3.05, 3.63) is 0 Å². The van der Waals surface area contributed by atoms with Crippen molar-refractivity contribution in [2.75, 3.05) is 0 Å². The summed E-state index contributed by atoms with van der Waals surface area (Å²) in [5, 5.41) is 9.36. The second-order valence-electron chi connectivity index (χ2n) is 5.49. The zero-order chi connectivity index (χ0) is 11.9. The number of carboxylic acid groups (broad SMARTS) is 1. The Morgan fingerprint density at radius 3 is 2.31 bits per heavy atom. The lowest BCUT2D eigenvalue weighted by atomic mass is 9.63. The fraction of sp³-hybridized carbons (Fsp3) is 0.833. The highest BCUT2D eigenvalue weighted by Gasteiger charge is 2.57. The lowest BCUT2D eigenvalue weighted by molar-refractivity contribution is -0.168. The van der Waals surface area contributed by atoms with Gasteiger partial charge in [0.15, 0.2) is 0 Å². The van der Waals surface area contributed by atoms with Gasteiger partial charge in [-0.05, 0) is 37.5 Å². The van der Waals surface area contributed by atoms with Gasteiger partial charge in [0.05, 0.1) is 0 Å². The first-order chi connectivity index (χ1) is 7.51. The molecule has 1 N–H and O–H groups in total. The highest BCUT2D eigenvalue weighted by molar-refractivity contribution is 5.83. The van der Waals surface area contributed by atoms with Crippen LogP contribution in [0.2, 0.25) is 0 Å². The Bertz CT molecular complexity index is 303. The summed E-state index contributed by atoms with van der Waals surface area (Å²) in [7, 11) is 0. The van der Waals surface area contributed by atoms with E-state index in [0.717, 1.165) is 19.3 Å². The van der Waals surface area contributed by atoms with E-state index in [-0.39, 0.29) is 6.04 Å². The quantitative estimate of drug-likeness (QED) is 0.721. The molecule has 1 amide bonds. The predicted molar refractivity (Wildman–Crippen MR) is 58.9 cm³/mol. The molecule has 0 aromatic rings. The van der Waals surface area contributed by atoms with Gasteiger partial charge in [-0.25, -0.2) is 4.79 Å². The average molecular weight is 225 g/mol. The fourth-order valence-electron chi connectivity index (χ4n) is 2.66. The van der Waals surface area contributed by atoms with Crippen molar-refractivity contribution in [1.82, 2.24) is 4.90 Å². The highest BCUT2D eigenvalue weighted by atomic mass is 16.4. The van der Waals surface area contributed by atoms with Crippen molar-refractivity contribution in [2.45, 2.75) is 51.1 Å². The van der Waals surface area contributed by atoms with Gasteiger partial charge in [-0.1, -0.05) is 13.8 Å². The van der Waals surface area contributed by atoms with Gasteiger partial charge in [-0.2, -0.15) is 0 Å². The Labute approximate surface area is 95.6 Å². The number of carbonyl (C=O) groups excluding carboxylic acids is 1. The van der Waals surface area contributed by atoms with Gasteiger partial charge in [-0.3, -0.25) is 4.79 Å². The van der Waals surface area contributed by atoms with Crippen LogP contribution < -0.4 is 0 Å². The lowest BCUT2D eigenvalue weighted by Crippen LogP contribution is -2.63. The highest BCUT2D eigenvalue weighted by Crippen LogP contribution is 2.49. The van der Waals surface area contributed by atoms with Crippen molar-refractivity contribution in [3.63, 3.8) is 0 Å². The summed E-state index contributed by atoms with van der Waals surface area (Å²) in [4.78, 5) is 24.0. The molecule has 2 fully saturated rings. The van der Waals surface area contributed by atoms with Crippen LogP contribution in [0.25, 0.3) is 0 Å². The topological polar surface area (TPSA) is 57.6 Å². The van der Waals surface area contributed by atoms with Crippen LogP contribution in [-0.4, -0.2) is 34.0 Å². The molecule has 0 aliphatic heterocycles. The third-order valence-corrected chi connectivity index (χ3v) is 4.09. The molecule has 4 nitrogen and oxygen atoms in total. The molecule has 0 spiro atoms. The van der Waals surface area contributed by atoms with E-state index in [2.05, 4.69) is 13.8 Å². The average Bonchev–Trinajstić information content (AvgIpc) is 2.91. The van der Waals surface area contributed by atoms with Crippen LogP contribution in [0.1, 0.15) is 39.5 Å². The van der Waals surface area contributed by atoms with Crippen molar-refractivity contribution in [1.29, 1.82) is 0 Å². The van der Waals surface area contributed by atoms with E-state index >= 15 is 0 Å². The molecule has 0 radical (unpaired) electrons. The first-order valence-electron chi connectivity index (χ1n) is 5.98. The summed E-state index contributed by atoms with van der Waals surface area (Å²) in [6.07, 6.45) is 3.90. The van der Waals surface area contributed by atoms with Crippen molar-refractivity contribution in [2.24, 2.45) is 11.8 Å². The molecule has 2 aliphatic carbocycles. The van der Waals surface area contributed by atoms with E-state index < -0.39 is 11.5 Å². The van der Waals surface area contributed by atoms with Crippen LogP contribution in [-0.2, 0) is 9.59 Å². The van der Waals surface area contributed by atoms with E-state index in [4.69, 9.17) is 0 Å². The molecule has 0 saturated heterocycles. The minimum Gasteiger partial charge on any atom is -0.479 e. The first kappa shape index (κ1) is 11.4. The molecule has 0 aromatic carbocycles. The number of aliphatic carboxylic acids is 1. The monoisotopic (exact) mass is 225 g/mol. The van der Waals surface area contributed by atoms with Crippen LogP contribution in [0.15, 0.2) is 0 Å². The van der Waals surface area contributed by atoms with E-state index in [1.807, 2.05) is 0 Å². The van der Waals surface area contributed by atoms with Gasteiger partial charge in [-0.15, -0.1) is 0 Å². The summed E-state index contributed by atoms with van der Waals surface area (Å²) in [6.45, 7) is 4.22. The maximum atomic E-state index is 11.4. The Kier molecular flexibility index (Phi) is 2.68. The summed E-state index contributed by atoms with van der Waals surface area (Å²) in [6, 6.07) is 0.182. The van der Waals surface area contributed by atoms with E-state index in [1.165, 1.54) is 0 Å². The number of nitrogens with zero attached hydrogens (tertiary/aromatic N) is 1. The van der Waals surface area contributed by atoms with Gasteiger partial charge >= 0.3 is 5.97 Å². The fourth-order valence-corrected chi connectivity index (χ4v) is 2.66. The number of hydrogen-bond donors (Lipinski definition) is 1. The molecule has 0 heterocycles. The molecule has 0 atom stereocenters. The zero-order valence-corrected chi connectivity index (χ0v) is 9.85. The summed E-state index contributed by atoms with van der Waals surface area (Å²) < 4.78 is 0.